The quantitative estimate of drug-likeness (QED) is 0.858. The van der Waals surface area contributed by atoms with E-state index in [-0.39, 0.29) is 19.1 Å². The summed E-state index contributed by atoms with van der Waals surface area (Å²) >= 11 is 0. The van der Waals surface area contributed by atoms with Gasteiger partial charge in [0, 0.05) is 5.69 Å². The Balaban J connectivity index is 1.89. The van der Waals surface area contributed by atoms with Crippen LogP contribution in [0.25, 0.3) is 0 Å². The Hall–Kier alpha value is -2.33. The lowest BCUT2D eigenvalue weighted by molar-refractivity contribution is -0.118. The van der Waals surface area contributed by atoms with Crippen LogP contribution in [0.1, 0.15) is 18.1 Å². The SMILES string of the molecule is CCc1ccccc1NC(=O)COc1ccc(CO)cc1. The number of nitrogens with one attached hydrogen (secondary N) is 1. The van der Waals surface area contributed by atoms with Gasteiger partial charge in [0.25, 0.3) is 5.91 Å². The zero-order valence-corrected chi connectivity index (χ0v) is 12.0. The zero-order valence-electron chi connectivity index (χ0n) is 12.0. The number of ether oxygens (including phenoxy) is 1. The number of amides is 1. The van der Waals surface area contributed by atoms with Gasteiger partial charge in [-0.1, -0.05) is 37.3 Å². The van der Waals surface area contributed by atoms with Crippen LogP contribution in [0.3, 0.4) is 0 Å². The molecular formula is C17H19NO3. The predicted octanol–water partition coefficient (Wildman–Crippen LogP) is 2.76. The fraction of sp³-hybridized carbons (Fsp3) is 0.235. The molecular weight excluding hydrogens is 266 g/mol. The van der Waals surface area contributed by atoms with Crippen molar-refractivity contribution in [2.75, 3.05) is 11.9 Å². The second kappa shape index (κ2) is 7.45. The van der Waals surface area contributed by atoms with E-state index in [1.54, 1.807) is 24.3 Å². The first-order chi connectivity index (χ1) is 10.2. The average molecular weight is 285 g/mol. The van der Waals surface area contributed by atoms with Gasteiger partial charge in [-0.05, 0) is 35.7 Å². The van der Waals surface area contributed by atoms with E-state index in [0.717, 1.165) is 23.2 Å². The van der Waals surface area contributed by atoms with Gasteiger partial charge >= 0.3 is 0 Å². The molecule has 1 amide bonds. The number of para-hydroxylation sites is 1. The Bertz CT molecular complexity index is 593. The largest absolute Gasteiger partial charge is 0.484 e. The fourth-order valence-corrected chi connectivity index (χ4v) is 1.98. The summed E-state index contributed by atoms with van der Waals surface area (Å²) in [6, 6.07) is 14.7. The van der Waals surface area contributed by atoms with E-state index in [1.165, 1.54) is 0 Å². The molecule has 0 saturated heterocycles. The van der Waals surface area contributed by atoms with Crippen molar-refractivity contribution in [2.45, 2.75) is 20.0 Å². The number of rotatable bonds is 6. The van der Waals surface area contributed by atoms with Gasteiger partial charge in [0.05, 0.1) is 6.61 Å². The number of hydrogen-bond donors (Lipinski definition) is 2. The number of benzene rings is 2. The highest BCUT2D eigenvalue weighted by molar-refractivity contribution is 5.92. The van der Waals surface area contributed by atoms with Crippen molar-refractivity contribution in [3.8, 4) is 5.75 Å². The number of hydrogen-bond acceptors (Lipinski definition) is 3. The summed E-state index contributed by atoms with van der Waals surface area (Å²) in [5.74, 6) is 0.410. The molecule has 2 aromatic rings. The van der Waals surface area contributed by atoms with E-state index in [4.69, 9.17) is 9.84 Å². The molecule has 0 unspecified atom stereocenters. The van der Waals surface area contributed by atoms with Crippen LogP contribution in [0.15, 0.2) is 48.5 Å². The van der Waals surface area contributed by atoms with E-state index in [0.29, 0.717) is 5.75 Å². The highest BCUT2D eigenvalue weighted by Crippen LogP contribution is 2.16. The summed E-state index contributed by atoms with van der Waals surface area (Å²) in [4.78, 5) is 11.9. The summed E-state index contributed by atoms with van der Waals surface area (Å²) in [6.07, 6.45) is 0.861. The molecule has 0 heterocycles. The minimum atomic E-state index is -0.192. The van der Waals surface area contributed by atoms with E-state index in [9.17, 15) is 4.79 Å². The van der Waals surface area contributed by atoms with Gasteiger partial charge in [0.1, 0.15) is 5.75 Å². The van der Waals surface area contributed by atoms with Crippen molar-refractivity contribution in [3.05, 3.63) is 59.7 Å². The number of carbonyl (C=O) groups is 1. The van der Waals surface area contributed by atoms with Crippen LogP contribution in [0.5, 0.6) is 5.75 Å². The standard InChI is InChI=1S/C17H19NO3/c1-2-14-5-3-4-6-16(14)18-17(20)12-21-15-9-7-13(11-19)8-10-15/h3-10,19H,2,11-12H2,1H3,(H,18,20). The maximum atomic E-state index is 11.9. The molecule has 2 aromatic carbocycles. The van der Waals surface area contributed by atoms with E-state index in [1.807, 2.05) is 31.2 Å². The maximum Gasteiger partial charge on any atom is 0.262 e. The fourth-order valence-electron chi connectivity index (χ4n) is 1.98. The molecule has 0 aliphatic rings. The highest BCUT2D eigenvalue weighted by Gasteiger charge is 2.06. The molecule has 0 radical (unpaired) electrons. The molecule has 0 bridgehead atoms. The summed E-state index contributed by atoms with van der Waals surface area (Å²) < 4.78 is 5.42. The normalized spacial score (nSPS) is 10.2. The Kier molecular flexibility index (Phi) is 5.35. The molecule has 21 heavy (non-hydrogen) atoms. The van der Waals surface area contributed by atoms with E-state index < -0.39 is 0 Å². The Morgan fingerprint density at radius 1 is 1.14 bits per heavy atom. The predicted molar refractivity (Wildman–Crippen MR) is 82.3 cm³/mol. The topological polar surface area (TPSA) is 58.6 Å². The third-order valence-corrected chi connectivity index (χ3v) is 3.15. The summed E-state index contributed by atoms with van der Waals surface area (Å²) in [5.41, 5.74) is 2.73. The third kappa shape index (κ3) is 4.33. The molecule has 0 saturated carbocycles. The smallest absolute Gasteiger partial charge is 0.262 e. The van der Waals surface area contributed by atoms with Crippen LogP contribution in [0, 0.1) is 0 Å². The highest BCUT2D eigenvalue weighted by atomic mass is 16.5. The van der Waals surface area contributed by atoms with Crippen molar-refractivity contribution < 1.29 is 14.6 Å². The molecule has 0 aliphatic heterocycles. The minimum Gasteiger partial charge on any atom is -0.484 e. The molecule has 4 heteroatoms. The zero-order chi connectivity index (χ0) is 15.1. The molecule has 0 atom stereocenters. The Morgan fingerprint density at radius 2 is 1.86 bits per heavy atom. The molecule has 0 fully saturated rings. The second-order valence-corrected chi connectivity index (χ2v) is 4.65. The molecule has 2 N–H and O–H groups in total. The second-order valence-electron chi connectivity index (χ2n) is 4.65. The number of aliphatic hydroxyl groups excluding tert-OH is 1. The van der Waals surface area contributed by atoms with Gasteiger partial charge in [-0.25, -0.2) is 0 Å². The first-order valence-corrected chi connectivity index (χ1v) is 6.93. The number of carbonyl (C=O) groups excluding carboxylic acids is 1. The number of aliphatic hydroxyl groups is 1. The van der Waals surface area contributed by atoms with Crippen LogP contribution in [0.2, 0.25) is 0 Å². The first kappa shape index (κ1) is 15.1. The lowest BCUT2D eigenvalue weighted by Gasteiger charge is -2.10. The molecule has 110 valence electrons. The monoisotopic (exact) mass is 285 g/mol. The van der Waals surface area contributed by atoms with E-state index >= 15 is 0 Å². The van der Waals surface area contributed by atoms with Gasteiger partial charge in [-0.3, -0.25) is 4.79 Å². The van der Waals surface area contributed by atoms with E-state index in [2.05, 4.69) is 5.32 Å². The van der Waals surface area contributed by atoms with Gasteiger partial charge in [-0.2, -0.15) is 0 Å². The number of anilines is 1. The average Bonchev–Trinajstić information content (AvgIpc) is 2.54. The molecule has 2 rings (SSSR count). The van der Waals surface area contributed by atoms with Crippen LogP contribution in [-0.4, -0.2) is 17.6 Å². The van der Waals surface area contributed by atoms with Crippen molar-refractivity contribution >= 4 is 11.6 Å². The summed E-state index contributed by atoms with van der Waals surface area (Å²) in [5, 5.41) is 11.8. The van der Waals surface area contributed by atoms with Crippen LogP contribution < -0.4 is 10.1 Å². The Labute approximate surface area is 124 Å². The summed E-state index contributed by atoms with van der Waals surface area (Å²) in [7, 11) is 0. The Morgan fingerprint density at radius 3 is 2.52 bits per heavy atom. The van der Waals surface area contributed by atoms with Crippen molar-refractivity contribution in [2.24, 2.45) is 0 Å². The van der Waals surface area contributed by atoms with Crippen LogP contribution in [-0.2, 0) is 17.8 Å². The van der Waals surface area contributed by atoms with Gasteiger partial charge in [0.15, 0.2) is 6.61 Å². The lowest BCUT2D eigenvalue weighted by Crippen LogP contribution is -2.20. The van der Waals surface area contributed by atoms with Gasteiger partial charge in [-0.15, -0.1) is 0 Å². The molecule has 0 aromatic heterocycles. The third-order valence-electron chi connectivity index (χ3n) is 3.15. The minimum absolute atomic E-state index is 0.00539. The summed E-state index contributed by atoms with van der Waals surface area (Å²) in [6.45, 7) is 2.00. The van der Waals surface area contributed by atoms with Gasteiger partial charge in [0.2, 0.25) is 0 Å². The van der Waals surface area contributed by atoms with Crippen LogP contribution >= 0.6 is 0 Å². The maximum absolute atomic E-state index is 11.9. The lowest BCUT2D eigenvalue weighted by atomic mass is 10.1. The van der Waals surface area contributed by atoms with Crippen molar-refractivity contribution in [3.63, 3.8) is 0 Å². The van der Waals surface area contributed by atoms with Crippen molar-refractivity contribution in [1.29, 1.82) is 0 Å². The van der Waals surface area contributed by atoms with Gasteiger partial charge < -0.3 is 15.2 Å². The first-order valence-electron chi connectivity index (χ1n) is 6.93. The van der Waals surface area contributed by atoms with Crippen molar-refractivity contribution in [1.82, 2.24) is 0 Å². The van der Waals surface area contributed by atoms with Crippen LogP contribution in [0.4, 0.5) is 5.69 Å². The molecule has 0 spiro atoms. The molecule has 4 nitrogen and oxygen atoms in total. The number of aryl methyl sites for hydroxylation is 1. The molecule has 0 aliphatic carbocycles.